The molecule has 2 aromatic rings. The highest BCUT2D eigenvalue weighted by Gasteiger charge is 2.40. The molecule has 1 aliphatic carbocycles. The number of rotatable bonds is 5. The van der Waals surface area contributed by atoms with Gasteiger partial charge in [-0.05, 0) is 49.9 Å². The number of benzene rings is 1. The lowest BCUT2D eigenvalue weighted by atomic mass is 10.2. The first kappa shape index (κ1) is 17.5. The molecule has 4 rings (SSSR count). The lowest BCUT2D eigenvalue weighted by Gasteiger charge is -2.22. The third-order valence-electron chi connectivity index (χ3n) is 4.52. The Bertz CT molecular complexity index is 925. The molecule has 7 nitrogen and oxygen atoms in total. The van der Waals surface area contributed by atoms with Crippen LogP contribution in [0.3, 0.4) is 0 Å². The summed E-state index contributed by atoms with van der Waals surface area (Å²) in [6.45, 7) is 0.251. The van der Waals surface area contributed by atoms with Crippen molar-refractivity contribution in [2.75, 3.05) is 11.9 Å². The van der Waals surface area contributed by atoms with E-state index in [4.69, 9.17) is 0 Å². The van der Waals surface area contributed by atoms with E-state index >= 15 is 0 Å². The van der Waals surface area contributed by atoms with E-state index in [1.807, 2.05) is 0 Å². The standard InChI is InChI=1S/C16H17FN4O3S2/c17-11-5-7-12(8-6-11)26(23,24)21-9-1-2-13(21)14(22)18-16-20-19-15(25-16)10-3-4-10/h5-8,10,13H,1-4,9H2,(H,18,20,22)/t13-/m0/s1. The second kappa shape index (κ2) is 6.67. The molecule has 0 radical (unpaired) electrons. The van der Waals surface area contributed by atoms with Gasteiger partial charge in [-0.2, -0.15) is 4.31 Å². The number of sulfonamides is 1. The van der Waals surface area contributed by atoms with Crippen LogP contribution in [0.1, 0.15) is 36.6 Å². The van der Waals surface area contributed by atoms with Gasteiger partial charge in [0.15, 0.2) is 0 Å². The molecule has 0 unspecified atom stereocenters. The van der Waals surface area contributed by atoms with E-state index in [9.17, 15) is 17.6 Å². The zero-order valence-electron chi connectivity index (χ0n) is 13.8. The van der Waals surface area contributed by atoms with Crippen LogP contribution in [0.15, 0.2) is 29.2 Å². The number of nitrogens with one attached hydrogen (secondary N) is 1. The van der Waals surface area contributed by atoms with Crippen molar-refractivity contribution in [1.82, 2.24) is 14.5 Å². The van der Waals surface area contributed by atoms with Crippen molar-refractivity contribution < 1.29 is 17.6 Å². The van der Waals surface area contributed by atoms with Gasteiger partial charge in [0, 0.05) is 12.5 Å². The maximum absolute atomic E-state index is 13.1. The topological polar surface area (TPSA) is 92.3 Å². The summed E-state index contributed by atoms with van der Waals surface area (Å²) in [6.07, 6.45) is 3.20. The van der Waals surface area contributed by atoms with Gasteiger partial charge in [-0.1, -0.05) is 11.3 Å². The summed E-state index contributed by atoms with van der Waals surface area (Å²) in [5.41, 5.74) is 0. The summed E-state index contributed by atoms with van der Waals surface area (Å²) in [7, 11) is -3.87. The van der Waals surface area contributed by atoms with Crippen molar-refractivity contribution in [2.24, 2.45) is 0 Å². The average Bonchev–Trinajstić information content (AvgIpc) is 3.15. The zero-order chi connectivity index (χ0) is 18.3. The first-order valence-electron chi connectivity index (χ1n) is 8.37. The molecule has 1 amide bonds. The van der Waals surface area contributed by atoms with Crippen molar-refractivity contribution >= 4 is 32.4 Å². The summed E-state index contributed by atoms with van der Waals surface area (Å²) in [5, 5.41) is 12.0. The van der Waals surface area contributed by atoms with Crippen LogP contribution >= 0.6 is 11.3 Å². The second-order valence-electron chi connectivity index (χ2n) is 6.44. The van der Waals surface area contributed by atoms with E-state index in [1.165, 1.54) is 27.8 Å². The van der Waals surface area contributed by atoms with Crippen LogP contribution in [0, 0.1) is 5.82 Å². The van der Waals surface area contributed by atoms with Gasteiger partial charge in [-0.25, -0.2) is 12.8 Å². The fraction of sp³-hybridized carbons (Fsp3) is 0.438. The third-order valence-corrected chi connectivity index (χ3v) is 7.45. The summed E-state index contributed by atoms with van der Waals surface area (Å²) in [4.78, 5) is 12.6. The maximum atomic E-state index is 13.1. The molecule has 1 aliphatic heterocycles. The maximum Gasteiger partial charge on any atom is 0.244 e. The van der Waals surface area contributed by atoms with Gasteiger partial charge in [0.1, 0.15) is 16.9 Å². The predicted octanol–water partition coefficient (Wildman–Crippen LogP) is 2.35. The minimum Gasteiger partial charge on any atom is -0.299 e. The Morgan fingerprint density at radius 2 is 1.92 bits per heavy atom. The number of carbonyl (C=O) groups is 1. The Hall–Kier alpha value is -1.91. The molecule has 2 heterocycles. The number of anilines is 1. The molecule has 2 fully saturated rings. The number of nitrogens with zero attached hydrogens (tertiary/aromatic N) is 3. The van der Waals surface area contributed by atoms with Gasteiger partial charge in [-0.15, -0.1) is 10.2 Å². The summed E-state index contributed by atoms with van der Waals surface area (Å²) in [6, 6.07) is 3.81. The first-order valence-corrected chi connectivity index (χ1v) is 10.6. The van der Waals surface area contributed by atoms with Crippen LogP contribution in [0.5, 0.6) is 0 Å². The average molecular weight is 396 g/mol. The largest absolute Gasteiger partial charge is 0.299 e. The van der Waals surface area contributed by atoms with Gasteiger partial charge in [0.25, 0.3) is 0 Å². The van der Waals surface area contributed by atoms with E-state index < -0.39 is 27.8 Å². The molecule has 1 aromatic heterocycles. The molecule has 1 aromatic carbocycles. The van der Waals surface area contributed by atoms with Crippen molar-refractivity contribution in [3.63, 3.8) is 0 Å². The van der Waals surface area contributed by atoms with Crippen LogP contribution in [0.4, 0.5) is 9.52 Å². The fourth-order valence-electron chi connectivity index (χ4n) is 3.00. The van der Waals surface area contributed by atoms with Crippen LogP contribution in [-0.2, 0) is 14.8 Å². The Balaban J connectivity index is 1.51. The number of hydrogen-bond donors (Lipinski definition) is 1. The lowest BCUT2D eigenvalue weighted by molar-refractivity contribution is -0.119. The van der Waals surface area contributed by atoms with E-state index in [0.717, 1.165) is 30.0 Å². The summed E-state index contributed by atoms with van der Waals surface area (Å²) >= 11 is 1.33. The molecule has 1 atom stereocenters. The number of hydrogen-bond acceptors (Lipinski definition) is 6. The van der Waals surface area contributed by atoms with Crippen LogP contribution in [0.2, 0.25) is 0 Å². The molecular formula is C16H17FN4O3S2. The Labute approximate surface area is 154 Å². The number of amides is 1. The lowest BCUT2D eigenvalue weighted by Crippen LogP contribution is -2.43. The van der Waals surface area contributed by atoms with Crippen molar-refractivity contribution in [1.29, 1.82) is 0 Å². The fourth-order valence-corrected chi connectivity index (χ4v) is 5.57. The molecule has 2 aliphatic rings. The van der Waals surface area contributed by atoms with Crippen molar-refractivity contribution in [3.05, 3.63) is 35.1 Å². The second-order valence-corrected chi connectivity index (χ2v) is 9.34. The summed E-state index contributed by atoms with van der Waals surface area (Å²) < 4.78 is 39.9. The molecule has 0 spiro atoms. The van der Waals surface area contributed by atoms with Crippen molar-refractivity contribution in [2.45, 2.75) is 42.5 Å². The predicted molar refractivity (Wildman–Crippen MR) is 93.8 cm³/mol. The minimum absolute atomic E-state index is 0.0227. The van der Waals surface area contributed by atoms with Gasteiger partial charge in [0.05, 0.1) is 4.90 Å². The van der Waals surface area contributed by atoms with Gasteiger partial charge in [-0.3, -0.25) is 10.1 Å². The Morgan fingerprint density at radius 1 is 1.19 bits per heavy atom. The van der Waals surface area contributed by atoms with E-state index in [2.05, 4.69) is 15.5 Å². The molecule has 1 saturated heterocycles. The Morgan fingerprint density at radius 3 is 2.62 bits per heavy atom. The molecule has 26 heavy (non-hydrogen) atoms. The highest BCUT2D eigenvalue weighted by Crippen LogP contribution is 2.42. The minimum atomic E-state index is -3.87. The molecule has 0 bridgehead atoms. The monoisotopic (exact) mass is 396 g/mol. The van der Waals surface area contributed by atoms with Crippen LogP contribution in [0.25, 0.3) is 0 Å². The highest BCUT2D eigenvalue weighted by molar-refractivity contribution is 7.89. The van der Waals surface area contributed by atoms with Gasteiger partial charge >= 0.3 is 0 Å². The first-order chi connectivity index (χ1) is 12.4. The number of aromatic nitrogens is 2. The van der Waals surface area contributed by atoms with Gasteiger partial charge in [0.2, 0.25) is 21.1 Å². The van der Waals surface area contributed by atoms with E-state index in [-0.39, 0.29) is 11.4 Å². The molecule has 1 saturated carbocycles. The zero-order valence-corrected chi connectivity index (χ0v) is 15.4. The smallest absolute Gasteiger partial charge is 0.244 e. The highest BCUT2D eigenvalue weighted by atomic mass is 32.2. The van der Waals surface area contributed by atoms with E-state index in [0.29, 0.717) is 23.9 Å². The molecular weight excluding hydrogens is 379 g/mol. The quantitative estimate of drug-likeness (QED) is 0.838. The molecule has 1 N–H and O–H groups in total. The SMILES string of the molecule is O=C(Nc1nnc(C2CC2)s1)[C@@H]1CCCN1S(=O)(=O)c1ccc(F)cc1. The van der Waals surface area contributed by atoms with Crippen LogP contribution in [-0.4, -0.2) is 41.4 Å². The van der Waals surface area contributed by atoms with E-state index in [1.54, 1.807) is 0 Å². The normalized spacial score (nSPS) is 21.0. The van der Waals surface area contributed by atoms with Crippen molar-refractivity contribution in [3.8, 4) is 0 Å². The summed E-state index contributed by atoms with van der Waals surface area (Å²) in [5.74, 6) is -0.478. The van der Waals surface area contributed by atoms with Crippen LogP contribution < -0.4 is 5.32 Å². The van der Waals surface area contributed by atoms with Gasteiger partial charge < -0.3 is 0 Å². The third kappa shape index (κ3) is 3.36. The number of carbonyl (C=O) groups excluding carboxylic acids is 1. The Kier molecular flexibility index (Phi) is 4.49. The number of halogens is 1. The molecule has 138 valence electrons. The molecule has 10 heteroatoms.